The van der Waals surface area contributed by atoms with Crippen LogP contribution in [-0.2, 0) is 10.2 Å². The summed E-state index contributed by atoms with van der Waals surface area (Å²) in [7, 11) is 0. The van der Waals surface area contributed by atoms with Crippen LogP contribution in [0.3, 0.4) is 0 Å². The highest BCUT2D eigenvalue weighted by Crippen LogP contribution is 2.23. The van der Waals surface area contributed by atoms with E-state index in [0.29, 0.717) is 6.54 Å². The van der Waals surface area contributed by atoms with Gasteiger partial charge in [-0.25, -0.2) is 0 Å². The van der Waals surface area contributed by atoms with Crippen LogP contribution >= 0.6 is 0 Å². The molecule has 0 saturated heterocycles. The van der Waals surface area contributed by atoms with E-state index in [1.165, 1.54) is 11.1 Å². The van der Waals surface area contributed by atoms with Crippen molar-refractivity contribution >= 4 is 5.91 Å². The Labute approximate surface area is 132 Å². The molecule has 3 nitrogen and oxygen atoms in total. The van der Waals surface area contributed by atoms with Gasteiger partial charge in [-0.3, -0.25) is 4.79 Å². The van der Waals surface area contributed by atoms with Gasteiger partial charge in [-0.1, -0.05) is 74.0 Å². The normalized spacial score (nSPS) is 12.7. The Balaban J connectivity index is 1.99. The first-order valence-corrected chi connectivity index (χ1v) is 7.55. The number of nitrogens with two attached hydrogens (primary N) is 1. The molecule has 0 fully saturated rings. The molecule has 1 atom stereocenters. The van der Waals surface area contributed by atoms with Crippen LogP contribution in [-0.4, -0.2) is 12.5 Å². The molecule has 2 aromatic carbocycles. The van der Waals surface area contributed by atoms with E-state index in [4.69, 9.17) is 5.73 Å². The fraction of sp³-hybridized carbons (Fsp3) is 0.316. The molecule has 0 aliphatic carbocycles. The molecular weight excluding hydrogens is 272 g/mol. The number of hydrogen-bond acceptors (Lipinski definition) is 2. The summed E-state index contributed by atoms with van der Waals surface area (Å²) < 4.78 is 0. The monoisotopic (exact) mass is 296 g/mol. The van der Waals surface area contributed by atoms with Gasteiger partial charge in [-0.15, -0.1) is 0 Å². The van der Waals surface area contributed by atoms with Crippen LogP contribution < -0.4 is 11.1 Å². The number of carbonyl (C=O) groups is 1. The zero-order valence-electron chi connectivity index (χ0n) is 13.5. The highest BCUT2D eigenvalue weighted by Gasteiger charge is 2.23. The summed E-state index contributed by atoms with van der Waals surface area (Å²) >= 11 is 0. The lowest BCUT2D eigenvalue weighted by atomic mass is 9.84. The Bertz CT molecular complexity index is 618. The van der Waals surface area contributed by atoms with Gasteiger partial charge in [0.05, 0.1) is 0 Å². The van der Waals surface area contributed by atoms with Gasteiger partial charge in [0.15, 0.2) is 0 Å². The third kappa shape index (κ3) is 3.95. The van der Waals surface area contributed by atoms with E-state index in [9.17, 15) is 4.79 Å². The molecule has 1 unspecified atom stereocenters. The first-order valence-electron chi connectivity index (χ1n) is 7.55. The largest absolute Gasteiger partial charge is 0.354 e. The smallest absolute Gasteiger partial charge is 0.241 e. The fourth-order valence-electron chi connectivity index (χ4n) is 2.34. The molecular formula is C19H24N2O. The van der Waals surface area contributed by atoms with Crippen molar-refractivity contribution in [2.24, 2.45) is 5.73 Å². The summed E-state index contributed by atoms with van der Waals surface area (Å²) in [6.07, 6.45) is 0. The minimum atomic E-state index is -0.630. The molecule has 22 heavy (non-hydrogen) atoms. The Morgan fingerprint density at radius 1 is 1.09 bits per heavy atom. The molecule has 0 heterocycles. The summed E-state index contributed by atoms with van der Waals surface area (Å²) in [5.74, 6) is -0.147. The topological polar surface area (TPSA) is 55.1 Å². The predicted molar refractivity (Wildman–Crippen MR) is 90.6 cm³/mol. The molecule has 0 aliphatic heterocycles. The standard InChI is InChI=1S/C19H24N2O/c1-14-9-11-16(12-10-14)19(2,3)13-21-18(22)17(20)15-7-5-4-6-8-15/h4-12,17H,13,20H2,1-3H3,(H,21,22). The number of nitrogens with one attached hydrogen (secondary N) is 1. The molecule has 2 rings (SSSR count). The minimum Gasteiger partial charge on any atom is -0.354 e. The number of hydrogen-bond donors (Lipinski definition) is 2. The zero-order valence-corrected chi connectivity index (χ0v) is 13.5. The number of benzene rings is 2. The first kappa shape index (κ1) is 16.2. The molecule has 3 N–H and O–H groups in total. The molecule has 2 aromatic rings. The van der Waals surface area contributed by atoms with E-state index >= 15 is 0 Å². The number of aryl methyl sites for hydroxylation is 1. The zero-order chi connectivity index (χ0) is 16.2. The maximum absolute atomic E-state index is 12.2. The Morgan fingerprint density at radius 2 is 1.68 bits per heavy atom. The van der Waals surface area contributed by atoms with Crippen molar-refractivity contribution in [2.45, 2.75) is 32.2 Å². The van der Waals surface area contributed by atoms with Crippen molar-refractivity contribution in [3.63, 3.8) is 0 Å². The summed E-state index contributed by atoms with van der Waals surface area (Å²) in [5.41, 5.74) is 9.13. The van der Waals surface area contributed by atoms with Crippen LogP contribution in [0.15, 0.2) is 54.6 Å². The van der Waals surface area contributed by atoms with Crippen molar-refractivity contribution in [1.82, 2.24) is 5.32 Å². The Hall–Kier alpha value is -2.13. The lowest BCUT2D eigenvalue weighted by molar-refractivity contribution is -0.122. The van der Waals surface area contributed by atoms with Gasteiger partial charge in [0.1, 0.15) is 6.04 Å². The molecule has 0 aromatic heterocycles. The third-order valence-corrected chi connectivity index (χ3v) is 3.98. The van der Waals surface area contributed by atoms with Crippen LogP contribution in [0.2, 0.25) is 0 Å². The van der Waals surface area contributed by atoms with Crippen LogP contribution in [0.1, 0.15) is 36.6 Å². The minimum absolute atomic E-state index is 0.139. The van der Waals surface area contributed by atoms with Crippen LogP contribution in [0.4, 0.5) is 0 Å². The number of carbonyl (C=O) groups excluding carboxylic acids is 1. The summed E-state index contributed by atoms with van der Waals surface area (Å²) in [6, 6.07) is 17.2. The first-order chi connectivity index (χ1) is 10.4. The van der Waals surface area contributed by atoms with Gasteiger partial charge in [-0.05, 0) is 18.1 Å². The van der Waals surface area contributed by atoms with Gasteiger partial charge in [-0.2, -0.15) is 0 Å². The molecule has 3 heteroatoms. The number of rotatable bonds is 5. The van der Waals surface area contributed by atoms with Gasteiger partial charge in [0.2, 0.25) is 5.91 Å². The van der Waals surface area contributed by atoms with Crippen molar-refractivity contribution in [1.29, 1.82) is 0 Å². The highest BCUT2D eigenvalue weighted by molar-refractivity contribution is 5.83. The van der Waals surface area contributed by atoms with Crippen molar-refractivity contribution in [3.05, 3.63) is 71.3 Å². The van der Waals surface area contributed by atoms with E-state index < -0.39 is 6.04 Å². The Kier molecular flexibility index (Phi) is 4.99. The number of amides is 1. The molecule has 116 valence electrons. The van der Waals surface area contributed by atoms with Crippen molar-refractivity contribution in [2.75, 3.05) is 6.54 Å². The van der Waals surface area contributed by atoms with Gasteiger partial charge < -0.3 is 11.1 Å². The maximum atomic E-state index is 12.2. The maximum Gasteiger partial charge on any atom is 0.241 e. The molecule has 0 aliphatic rings. The molecule has 0 bridgehead atoms. The highest BCUT2D eigenvalue weighted by atomic mass is 16.2. The third-order valence-electron chi connectivity index (χ3n) is 3.98. The lowest BCUT2D eigenvalue weighted by Gasteiger charge is -2.26. The van der Waals surface area contributed by atoms with E-state index in [0.717, 1.165) is 5.56 Å². The van der Waals surface area contributed by atoms with Crippen LogP contribution in [0.5, 0.6) is 0 Å². The van der Waals surface area contributed by atoms with Crippen molar-refractivity contribution < 1.29 is 4.79 Å². The van der Waals surface area contributed by atoms with Gasteiger partial charge >= 0.3 is 0 Å². The molecule has 1 amide bonds. The summed E-state index contributed by atoms with van der Waals surface area (Å²) in [6.45, 7) is 6.85. The quantitative estimate of drug-likeness (QED) is 0.891. The summed E-state index contributed by atoms with van der Waals surface area (Å²) in [4.78, 5) is 12.2. The average molecular weight is 296 g/mol. The van der Waals surface area contributed by atoms with Crippen LogP contribution in [0, 0.1) is 6.92 Å². The summed E-state index contributed by atoms with van der Waals surface area (Å²) in [5, 5.41) is 2.97. The van der Waals surface area contributed by atoms with E-state index in [2.05, 4.69) is 50.4 Å². The SMILES string of the molecule is Cc1ccc(C(C)(C)CNC(=O)C(N)c2ccccc2)cc1. The predicted octanol–water partition coefficient (Wildman–Crippen LogP) is 3.09. The second-order valence-corrected chi connectivity index (χ2v) is 6.36. The molecule has 0 saturated carbocycles. The van der Waals surface area contributed by atoms with Crippen LogP contribution in [0.25, 0.3) is 0 Å². The van der Waals surface area contributed by atoms with E-state index in [-0.39, 0.29) is 11.3 Å². The molecule has 0 radical (unpaired) electrons. The van der Waals surface area contributed by atoms with Crippen molar-refractivity contribution in [3.8, 4) is 0 Å². The second-order valence-electron chi connectivity index (χ2n) is 6.36. The lowest BCUT2D eigenvalue weighted by Crippen LogP contribution is -2.41. The van der Waals surface area contributed by atoms with E-state index in [1.54, 1.807) is 0 Å². The fourth-order valence-corrected chi connectivity index (χ4v) is 2.34. The second kappa shape index (κ2) is 6.75. The Morgan fingerprint density at radius 3 is 2.27 bits per heavy atom. The van der Waals surface area contributed by atoms with Gasteiger partial charge in [0.25, 0.3) is 0 Å². The average Bonchev–Trinajstić information content (AvgIpc) is 2.53. The van der Waals surface area contributed by atoms with Gasteiger partial charge in [0, 0.05) is 12.0 Å². The molecule has 0 spiro atoms. The van der Waals surface area contributed by atoms with E-state index in [1.807, 2.05) is 30.3 Å².